The average Bonchev–Trinajstić information content (AvgIpc) is 3.11. The number of piperidine rings is 1. The lowest BCUT2D eigenvalue weighted by Crippen LogP contribution is -2.46. The first-order valence-electron chi connectivity index (χ1n) is 9.59. The minimum atomic E-state index is -0.521. The molecule has 152 valence electrons. The summed E-state index contributed by atoms with van der Waals surface area (Å²) in [6.45, 7) is 5.09. The third-order valence-electron chi connectivity index (χ3n) is 4.85. The molecule has 0 bridgehead atoms. The molecule has 28 heavy (non-hydrogen) atoms. The number of halogens is 1. The fraction of sp³-hybridized carbons (Fsp3) is 0.476. The van der Waals surface area contributed by atoms with Crippen LogP contribution in [-0.4, -0.2) is 54.3 Å². The van der Waals surface area contributed by atoms with E-state index in [0.29, 0.717) is 24.8 Å². The van der Waals surface area contributed by atoms with Crippen LogP contribution in [-0.2, 0) is 11.3 Å². The van der Waals surface area contributed by atoms with Crippen LogP contribution < -0.4 is 5.32 Å². The Balaban J connectivity index is 1.32. The van der Waals surface area contributed by atoms with Crippen LogP contribution in [0.4, 0.5) is 0 Å². The molecule has 7 heteroatoms. The number of thiophene rings is 1. The molecule has 1 saturated heterocycles. The van der Waals surface area contributed by atoms with E-state index in [2.05, 4.69) is 10.2 Å². The number of amides is 1. The first kappa shape index (κ1) is 21.3. The molecule has 0 radical (unpaired) electrons. The number of rotatable bonds is 8. The van der Waals surface area contributed by atoms with Crippen molar-refractivity contribution < 1.29 is 14.6 Å². The number of β-amino-alcohol motifs (C(OH)–C–C–N with tert-alkyl or cyclic N) is 1. The highest BCUT2D eigenvalue weighted by atomic mass is 35.5. The number of benzene rings is 1. The largest absolute Gasteiger partial charge is 0.389 e. The number of hydrogen-bond acceptors (Lipinski definition) is 5. The number of aliphatic hydroxyl groups is 1. The van der Waals surface area contributed by atoms with E-state index in [9.17, 15) is 9.90 Å². The van der Waals surface area contributed by atoms with Gasteiger partial charge in [0.25, 0.3) is 5.91 Å². The summed E-state index contributed by atoms with van der Waals surface area (Å²) in [6.07, 6.45) is 1.27. The molecule has 1 aliphatic heterocycles. The van der Waals surface area contributed by atoms with Crippen molar-refractivity contribution >= 4 is 28.8 Å². The number of carbonyl (C=O) groups excluding carboxylic acids is 1. The molecule has 0 saturated carbocycles. The highest BCUT2D eigenvalue weighted by molar-refractivity contribution is 7.13. The second-order valence-electron chi connectivity index (χ2n) is 7.25. The van der Waals surface area contributed by atoms with Gasteiger partial charge < -0.3 is 20.1 Å². The fourth-order valence-electron chi connectivity index (χ4n) is 3.32. The number of aryl methyl sites for hydroxylation is 1. The van der Waals surface area contributed by atoms with Gasteiger partial charge in [-0.05, 0) is 49.6 Å². The summed E-state index contributed by atoms with van der Waals surface area (Å²) in [6, 6.07) is 11.6. The van der Waals surface area contributed by atoms with Gasteiger partial charge in [0.1, 0.15) is 0 Å². The van der Waals surface area contributed by atoms with Crippen LogP contribution in [0.15, 0.2) is 36.4 Å². The van der Waals surface area contributed by atoms with E-state index in [4.69, 9.17) is 16.3 Å². The Bertz CT molecular complexity index is 757. The van der Waals surface area contributed by atoms with Gasteiger partial charge in [-0.2, -0.15) is 0 Å². The normalized spacial score (nSPS) is 16.8. The lowest BCUT2D eigenvalue weighted by atomic mass is 10.0. The zero-order chi connectivity index (χ0) is 19.9. The monoisotopic (exact) mass is 422 g/mol. The van der Waals surface area contributed by atoms with E-state index in [1.807, 2.05) is 43.3 Å². The predicted molar refractivity (Wildman–Crippen MR) is 113 cm³/mol. The summed E-state index contributed by atoms with van der Waals surface area (Å²) in [7, 11) is 0. The minimum Gasteiger partial charge on any atom is -0.389 e. The van der Waals surface area contributed by atoms with Gasteiger partial charge in [0.2, 0.25) is 0 Å². The first-order valence-corrected chi connectivity index (χ1v) is 10.8. The molecule has 2 heterocycles. The van der Waals surface area contributed by atoms with E-state index in [-0.39, 0.29) is 11.9 Å². The summed E-state index contributed by atoms with van der Waals surface area (Å²) in [4.78, 5) is 16.4. The zero-order valence-corrected chi connectivity index (χ0v) is 17.6. The molecule has 1 atom stereocenters. The first-order chi connectivity index (χ1) is 13.5. The molecule has 1 aliphatic rings. The lowest BCUT2D eigenvalue weighted by molar-refractivity contribution is 0.00571. The van der Waals surface area contributed by atoms with Crippen LogP contribution in [0.3, 0.4) is 0 Å². The van der Waals surface area contributed by atoms with E-state index < -0.39 is 6.10 Å². The lowest BCUT2D eigenvalue weighted by Gasteiger charge is -2.33. The minimum absolute atomic E-state index is 0.0205. The third-order valence-corrected chi connectivity index (χ3v) is 6.10. The molecule has 0 aliphatic carbocycles. The molecule has 1 fully saturated rings. The molecular formula is C21H27ClN2O3S. The molecular weight excluding hydrogens is 396 g/mol. The Morgan fingerprint density at radius 1 is 1.29 bits per heavy atom. The number of carbonyl (C=O) groups is 1. The summed E-state index contributed by atoms with van der Waals surface area (Å²) in [5, 5.41) is 14.1. The van der Waals surface area contributed by atoms with E-state index in [1.165, 1.54) is 11.3 Å². The molecule has 1 amide bonds. The molecule has 1 aromatic carbocycles. The average molecular weight is 423 g/mol. The Hall–Kier alpha value is -1.44. The Labute approximate surface area is 175 Å². The summed E-state index contributed by atoms with van der Waals surface area (Å²) in [5.74, 6) is 0.0205. The number of hydrogen-bond donors (Lipinski definition) is 2. The summed E-state index contributed by atoms with van der Waals surface area (Å²) < 4.78 is 5.61. The van der Waals surface area contributed by atoms with Crippen molar-refractivity contribution in [1.29, 1.82) is 0 Å². The highest BCUT2D eigenvalue weighted by Gasteiger charge is 2.23. The number of nitrogens with one attached hydrogen (secondary N) is 1. The molecule has 5 nitrogen and oxygen atoms in total. The Morgan fingerprint density at radius 3 is 2.64 bits per heavy atom. The van der Waals surface area contributed by atoms with Crippen molar-refractivity contribution in [2.45, 2.75) is 38.5 Å². The molecule has 1 aromatic heterocycles. The van der Waals surface area contributed by atoms with Gasteiger partial charge in [-0.1, -0.05) is 23.7 Å². The maximum absolute atomic E-state index is 12.3. The van der Waals surface area contributed by atoms with E-state index in [0.717, 1.165) is 41.2 Å². The van der Waals surface area contributed by atoms with Crippen molar-refractivity contribution in [3.63, 3.8) is 0 Å². The standard InChI is InChI=1S/C21H27ClN2O3S/c1-15-2-7-20(28-15)21(26)23-18-8-10-24(11-9-18)12-19(25)14-27-13-16-3-5-17(22)6-4-16/h2-7,18-19,25H,8-14H2,1H3,(H,23,26). The van der Waals surface area contributed by atoms with Gasteiger partial charge in [0.05, 0.1) is 24.2 Å². The summed E-state index contributed by atoms with van der Waals surface area (Å²) in [5.41, 5.74) is 1.04. The van der Waals surface area contributed by atoms with Crippen molar-refractivity contribution in [3.05, 3.63) is 56.7 Å². The highest BCUT2D eigenvalue weighted by Crippen LogP contribution is 2.17. The topological polar surface area (TPSA) is 61.8 Å². The van der Waals surface area contributed by atoms with Crippen LogP contribution in [0.5, 0.6) is 0 Å². The maximum atomic E-state index is 12.3. The van der Waals surface area contributed by atoms with Crippen molar-refractivity contribution in [1.82, 2.24) is 10.2 Å². The van der Waals surface area contributed by atoms with Gasteiger partial charge in [0.15, 0.2) is 0 Å². The second-order valence-corrected chi connectivity index (χ2v) is 8.98. The van der Waals surface area contributed by atoms with Crippen LogP contribution >= 0.6 is 22.9 Å². The SMILES string of the molecule is Cc1ccc(C(=O)NC2CCN(CC(O)COCc3ccc(Cl)cc3)CC2)s1. The van der Waals surface area contributed by atoms with Gasteiger partial charge in [-0.3, -0.25) is 4.79 Å². The number of aliphatic hydroxyl groups excluding tert-OH is 1. The molecule has 2 aromatic rings. The van der Waals surface area contributed by atoms with Crippen molar-refractivity contribution in [2.75, 3.05) is 26.2 Å². The van der Waals surface area contributed by atoms with Gasteiger partial charge in [-0.25, -0.2) is 0 Å². The van der Waals surface area contributed by atoms with Gasteiger partial charge in [0, 0.05) is 35.6 Å². The Morgan fingerprint density at radius 2 is 2.00 bits per heavy atom. The number of ether oxygens (including phenoxy) is 1. The predicted octanol–water partition coefficient (Wildman–Crippen LogP) is 3.48. The number of nitrogens with zero attached hydrogens (tertiary/aromatic N) is 1. The van der Waals surface area contributed by atoms with Crippen LogP contribution in [0.2, 0.25) is 5.02 Å². The van der Waals surface area contributed by atoms with Gasteiger partial charge in [-0.15, -0.1) is 11.3 Å². The van der Waals surface area contributed by atoms with Crippen molar-refractivity contribution in [2.24, 2.45) is 0 Å². The van der Waals surface area contributed by atoms with E-state index in [1.54, 1.807) is 0 Å². The van der Waals surface area contributed by atoms with Crippen molar-refractivity contribution in [3.8, 4) is 0 Å². The molecule has 3 rings (SSSR count). The Kier molecular flexibility index (Phi) is 7.88. The fourth-order valence-corrected chi connectivity index (χ4v) is 4.21. The second kappa shape index (κ2) is 10.4. The molecule has 0 spiro atoms. The molecule has 2 N–H and O–H groups in total. The quantitative estimate of drug-likeness (QED) is 0.683. The third kappa shape index (κ3) is 6.57. The zero-order valence-electron chi connectivity index (χ0n) is 16.1. The number of likely N-dealkylation sites (tertiary alicyclic amines) is 1. The summed E-state index contributed by atoms with van der Waals surface area (Å²) >= 11 is 7.39. The van der Waals surface area contributed by atoms with E-state index >= 15 is 0 Å². The molecule has 1 unspecified atom stereocenters. The van der Waals surface area contributed by atoms with Crippen LogP contribution in [0.25, 0.3) is 0 Å². The maximum Gasteiger partial charge on any atom is 0.261 e. The van der Waals surface area contributed by atoms with Gasteiger partial charge >= 0.3 is 0 Å². The van der Waals surface area contributed by atoms with Crippen LogP contribution in [0, 0.1) is 6.92 Å². The smallest absolute Gasteiger partial charge is 0.261 e. The van der Waals surface area contributed by atoms with Crippen LogP contribution in [0.1, 0.15) is 33.0 Å².